The third-order valence-corrected chi connectivity index (χ3v) is 5.96. The fourth-order valence-electron chi connectivity index (χ4n) is 2.71. The number of anilines is 1. The summed E-state index contributed by atoms with van der Waals surface area (Å²) in [4.78, 5) is 29.8. The van der Waals surface area contributed by atoms with E-state index in [9.17, 15) is 9.59 Å². The Kier molecular flexibility index (Phi) is 5.61. The topological polar surface area (TPSA) is 72.2 Å². The van der Waals surface area contributed by atoms with Crippen LogP contribution >= 0.6 is 46.1 Å². The van der Waals surface area contributed by atoms with Crippen LogP contribution in [0.15, 0.2) is 57.9 Å². The van der Waals surface area contributed by atoms with Gasteiger partial charge in [0, 0.05) is 27.9 Å². The largest absolute Gasteiger partial charge is 0.422 e. The molecule has 4 rings (SSSR count). The van der Waals surface area contributed by atoms with Crippen molar-refractivity contribution >= 4 is 68.1 Å². The molecule has 1 amide bonds. The Balaban J connectivity index is 1.53. The highest BCUT2D eigenvalue weighted by Crippen LogP contribution is 2.26. The summed E-state index contributed by atoms with van der Waals surface area (Å²) in [5.74, 6) is -0.601. The lowest BCUT2D eigenvalue weighted by Gasteiger charge is -2.03. The molecule has 0 spiro atoms. The van der Waals surface area contributed by atoms with Crippen LogP contribution in [-0.4, -0.2) is 10.9 Å². The van der Waals surface area contributed by atoms with Crippen molar-refractivity contribution in [1.82, 2.24) is 4.98 Å². The van der Waals surface area contributed by atoms with Crippen molar-refractivity contribution < 1.29 is 9.21 Å². The van der Waals surface area contributed by atoms with Crippen molar-refractivity contribution in [3.63, 3.8) is 0 Å². The van der Waals surface area contributed by atoms with Gasteiger partial charge in [-0.1, -0.05) is 40.9 Å². The van der Waals surface area contributed by atoms with Gasteiger partial charge in [0.05, 0.1) is 10.0 Å². The number of nitrogens with one attached hydrogen (secondary N) is 1. The van der Waals surface area contributed by atoms with Gasteiger partial charge in [-0.15, -0.1) is 11.3 Å². The van der Waals surface area contributed by atoms with Gasteiger partial charge in [-0.3, -0.25) is 10.1 Å². The molecule has 0 saturated heterocycles. The van der Waals surface area contributed by atoms with Gasteiger partial charge in [0.25, 0.3) is 5.91 Å². The van der Waals surface area contributed by atoms with Crippen LogP contribution in [0, 0.1) is 0 Å². The number of fused-ring (bicyclic) bond motifs is 1. The standard InChI is InChI=1S/C20H11Cl3N2O3S/c21-12-2-4-17-11(7-12)8-14(19(27)28-17)18(26)25-20-24-9-13(29-20)5-10-1-3-15(22)16(23)6-10/h1-4,6-9H,5H2,(H,24,25,26). The van der Waals surface area contributed by atoms with E-state index in [0.29, 0.717) is 37.6 Å². The van der Waals surface area contributed by atoms with Crippen LogP contribution in [0.3, 0.4) is 0 Å². The number of hydrogen-bond acceptors (Lipinski definition) is 5. The number of thiazole rings is 1. The smallest absolute Gasteiger partial charge is 0.349 e. The van der Waals surface area contributed by atoms with Crippen LogP contribution in [0.4, 0.5) is 5.13 Å². The van der Waals surface area contributed by atoms with Crippen LogP contribution in [0.5, 0.6) is 0 Å². The molecule has 0 fully saturated rings. The summed E-state index contributed by atoms with van der Waals surface area (Å²) in [7, 11) is 0. The van der Waals surface area contributed by atoms with E-state index in [2.05, 4.69) is 10.3 Å². The summed E-state index contributed by atoms with van der Waals surface area (Å²) in [5, 5.41) is 5.00. The van der Waals surface area contributed by atoms with E-state index in [0.717, 1.165) is 10.4 Å². The van der Waals surface area contributed by atoms with Gasteiger partial charge in [0.1, 0.15) is 11.1 Å². The van der Waals surface area contributed by atoms with Crippen LogP contribution in [0.25, 0.3) is 11.0 Å². The van der Waals surface area contributed by atoms with E-state index in [1.54, 1.807) is 36.5 Å². The van der Waals surface area contributed by atoms with E-state index >= 15 is 0 Å². The first-order chi connectivity index (χ1) is 13.9. The van der Waals surface area contributed by atoms with Crippen molar-refractivity contribution in [1.29, 1.82) is 0 Å². The molecule has 0 radical (unpaired) electrons. The van der Waals surface area contributed by atoms with Gasteiger partial charge in [0.15, 0.2) is 5.13 Å². The fourth-order valence-corrected chi connectivity index (χ4v) is 4.06. The van der Waals surface area contributed by atoms with E-state index < -0.39 is 11.5 Å². The highest BCUT2D eigenvalue weighted by atomic mass is 35.5. The molecule has 2 aromatic heterocycles. The molecule has 0 bridgehead atoms. The van der Waals surface area contributed by atoms with Crippen LogP contribution in [-0.2, 0) is 6.42 Å². The zero-order chi connectivity index (χ0) is 20.5. The lowest BCUT2D eigenvalue weighted by atomic mass is 10.1. The second-order valence-electron chi connectivity index (χ2n) is 6.14. The van der Waals surface area contributed by atoms with Crippen molar-refractivity contribution in [2.24, 2.45) is 0 Å². The molecule has 9 heteroatoms. The lowest BCUT2D eigenvalue weighted by molar-refractivity contribution is 0.102. The van der Waals surface area contributed by atoms with E-state index in [4.69, 9.17) is 39.2 Å². The quantitative estimate of drug-likeness (QED) is 0.372. The van der Waals surface area contributed by atoms with E-state index in [-0.39, 0.29) is 5.56 Å². The van der Waals surface area contributed by atoms with Gasteiger partial charge in [-0.2, -0.15) is 0 Å². The molecule has 2 aromatic carbocycles. The highest BCUT2D eigenvalue weighted by Gasteiger charge is 2.16. The normalized spacial score (nSPS) is 11.0. The monoisotopic (exact) mass is 464 g/mol. The van der Waals surface area contributed by atoms with Crippen LogP contribution in [0.1, 0.15) is 20.8 Å². The molecule has 0 aliphatic rings. The molecule has 0 saturated carbocycles. The number of hydrogen-bond donors (Lipinski definition) is 1. The number of halogens is 3. The average Bonchev–Trinajstić information content (AvgIpc) is 3.11. The van der Waals surface area contributed by atoms with Gasteiger partial charge in [-0.25, -0.2) is 9.78 Å². The predicted octanol–water partition coefficient (Wildman–Crippen LogP) is 6.05. The minimum atomic E-state index is -0.732. The zero-order valence-electron chi connectivity index (χ0n) is 14.5. The summed E-state index contributed by atoms with van der Waals surface area (Å²) >= 11 is 19.2. The van der Waals surface area contributed by atoms with Gasteiger partial charge >= 0.3 is 5.63 Å². The predicted molar refractivity (Wildman–Crippen MR) is 117 cm³/mol. The molecular formula is C20H11Cl3N2O3S. The Labute approximate surface area is 183 Å². The molecule has 4 aromatic rings. The fraction of sp³-hybridized carbons (Fsp3) is 0.0500. The Bertz CT molecular complexity index is 1300. The molecule has 0 unspecified atom stereocenters. The number of benzene rings is 2. The molecule has 29 heavy (non-hydrogen) atoms. The number of nitrogens with zero attached hydrogens (tertiary/aromatic N) is 1. The Hall–Kier alpha value is -2.38. The second-order valence-corrected chi connectivity index (χ2v) is 8.51. The van der Waals surface area contributed by atoms with Crippen molar-refractivity contribution in [3.8, 4) is 0 Å². The van der Waals surface area contributed by atoms with Crippen molar-refractivity contribution in [3.05, 3.63) is 90.2 Å². The summed E-state index contributed by atoms with van der Waals surface area (Å²) in [5.41, 5.74) is 0.466. The number of aromatic nitrogens is 1. The third kappa shape index (κ3) is 4.46. The van der Waals surface area contributed by atoms with Crippen LogP contribution < -0.4 is 10.9 Å². The Morgan fingerprint density at radius 2 is 1.90 bits per heavy atom. The van der Waals surface area contributed by atoms with Crippen molar-refractivity contribution in [2.45, 2.75) is 6.42 Å². The molecular weight excluding hydrogens is 455 g/mol. The number of carbonyl (C=O) groups is 1. The molecule has 0 aliphatic carbocycles. The number of carbonyl (C=O) groups excluding carboxylic acids is 1. The van der Waals surface area contributed by atoms with Gasteiger partial charge in [-0.05, 0) is 42.0 Å². The molecule has 5 nitrogen and oxygen atoms in total. The van der Waals surface area contributed by atoms with E-state index in [1.807, 2.05) is 6.07 Å². The first-order valence-corrected chi connectivity index (χ1v) is 10.3. The molecule has 0 aliphatic heterocycles. The first kappa shape index (κ1) is 19.9. The number of amides is 1. The van der Waals surface area contributed by atoms with Crippen LogP contribution in [0.2, 0.25) is 15.1 Å². The van der Waals surface area contributed by atoms with Gasteiger partial charge in [0.2, 0.25) is 0 Å². The third-order valence-electron chi connectivity index (χ3n) is 4.08. The maximum Gasteiger partial charge on any atom is 0.349 e. The molecule has 146 valence electrons. The summed E-state index contributed by atoms with van der Waals surface area (Å²) in [6.07, 6.45) is 2.24. The summed E-state index contributed by atoms with van der Waals surface area (Å²) in [6, 6.07) is 11.6. The van der Waals surface area contributed by atoms with Crippen molar-refractivity contribution in [2.75, 3.05) is 5.32 Å². The minimum Gasteiger partial charge on any atom is -0.422 e. The molecule has 2 heterocycles. The van der Waals surface area contributed by atoms with Gasteiger partial charge < -0.3 is 4.42 Å². The highest BCUT2D eigenvalue weighted by molar-refractivity contribution is 7.15. The Morgan fingerprint density at radius 3 is 2.69 bits per heavy atom. The number of rotatable bonds is 4. The molecule has 1 N–H and O–H groups in total. The summed E-state index contributed by atoms with van der Waals surface area (Å²) in [6.45, 7) is 0. The van der Waals surface area contributed by atoms with E-state index in [1.165, 1.54) is 17.4 Å². The molecule has 0 atom stereocenters. The Morgan fingerprint density at radius 1 is 1.07 bits per heavy atom. The lowest BCUT2D eigenvalue weighted by Crippen LogP contribution is -2.20. The minimum absolute atomic E-state index is 0.124. The maximum absolute atomic E-state index is 12.5. The first-order valence-electron chi connectivity index (χ1n) is 8.32. The SMILES string of the molecule is O=C(Nc1ncc(Cc2ccc(Cl)c(Cl)c2)s1)c1cc2cc(Cl)ccc2oc1=O. The summed E-state index contributed by atoms with van der Waals surface area (Å²) < 4.78 is 5.20. The average molecular weight is 466 g/mol. The second kappa shape index (κ2) is 8.16. The zero-order valence-corrected chi connectivity index (χ0v) is 17.6. The maximum atomic E-state index is 12.5.